The van der Waals surface area contributed by atoms with Crippen LogP contribution in [-0.4, -0.2) is 34.0 Å². The van der Waals surface area contributed by atoms with Crippen LogP contribution >= 0.6 is 22.7 Å². The van der Waals surface area contributed by atoms with Crippen molar-refractivity contribution < 1.29 is 18.7 Å². The number of aromatic nitrogens is 1. The molecule has 1 aromatic carbocycles. The first-order valence-electron chi connectivity index (χ1n) is 9.77. The number of fused-ring (bicyclic) bond motifs is 2. The van der Waals surface area contributed by atoms with E-state index >= 15 is 0 Å². The van der Waals surface area contributed by atoms with E-state index < -0.39 is 5.60 Å². The van der Waals surface area contributed by atoms with Gasteiger partial charge in [-0.15, -0.1) is 22.7 Å². The average Bonchev–Trinajstić information content (AvgIpc) is 3.25. The Balaban J connectivity index is 1.74. The molecule has 1 aliphatic heterocycles. The Morgan fingerprint density at radius 2 is 2.10 bits per heavy atom. The summed E-state index contributed by atoms with van der Waals surface area (Å²) in [5.41, 5.74) is 2.01. The Hall–Kier alpha value is -2.78. The zero-order chi connectivity index (χ0) is 22.3. The van der Waals surface area contributed by atoms with Crippen LogP contribution in [0.4, 0.5) is 14.2 Å². The third kappa shape index (κ3) is 4.47. The highest BCUT2D eigenvalue weighted by Crippen LogP contribution is 2.45. The van der Waals surface area contributed by atoms with E-state index in [1.807, 2.05) is 20.8 Å². The van der Waals surface area contributed by atoms with Crippen LogP contribution in [0.15, 0.2) is 30.9 Å². The highest BCUT2D eigenvalue weighted by molar-refractivity contribution is 7.23. The molecule has 0 saturated heterocycles. The third-order valence-electron chi connectivity index (χ3n) is 4.70. The van der Waals surface area contributed by atoms with Gasteiger partial charge in [-0.3, -0.25) is 4.79 Å². The lowest BCUT2D eigenvalue weighted by atomic mass is 10.0. The van der Waals surface area contributed by atoms with Gasteiger partial charge in [0.05, 0.1) is 16.8 Å². The van der Waals surface area contributed by atoms with Gasteiger partial charge in [-0.25, -0.2) is 14.2 Å². The summed E-state index contributed by atoms with van der Waals surface area (Å²) in [6, 6.07) is 4.49. The lowest BCUT2D eigenvalue weighted by molar-refractivity contribution is -0.111. The Labute approximate surface area is 187 Å². The van der Waals surface area contributed by atoms with E-state index in [1.165, 1.54) is 40.9 Å². The van der Waals surface area contributed by atoms with E-state index in [-0.39, 0.29) is 17.8 Å². The Kier molecular flexibility index (Phi) is 5.57. The molecule has 3 aromatic rings. The van der Waals surface area contributed by atoms with Gasteiger partial charge in [0.25, 0.3) is 0 Å². The van der Waals surface area contributed by atoms with Gasteiger partial charge in [0.2, 0.25) is 5.91 Å². The van der Waals surface area contributed by atoms with Gasteiger partial charge in [-0.1, -0.05) is 6.58 Å². The summed E-state index contributed by atoms with van der Waals surface area (Å²) in [6.45, 7) is 9.92. The van der Waals surface area contributed by atoms with E-state index in [2.05, 4.69) is 16.9 Å². The number of thiazole rings is 1. The minimum absolute atomic E-state index is 0.316. The zero-order valence-electron chi connectivity index (χ0n) is 17.5. The molecule has 0 fully saturated rings. The molecule has 162 valence electrons. The van der Waals surface area contributed by atoms with Crippen molar-refractivity contribution in [3.05, 3.63) is 47.1 Å². The molecule has 3 heterocycles. The van der Waals surface area contributed by atoms with Crippen LogP contribution in [-0.2, 0) is 22.5 Å². The molecule has 0 atom stereocenters. The number of rotatable bonds is 3. The van der Waals surface area contributed by atoms with Crippen LogP contribution in [0.25, 0.3) is 20.8 Å². The van der Waals surface area contributed by atoms with Gasteiger partial charge in [0, 0.05) is 17.0 Å². The lowest BCUT2D eigenvalue weighted by Gasteiger charge is -2.30. The molecule has 9 heteroatoms. The first-order valence-corrected chi connectivity index (χ1v) is 11.4. The summed E-state index contributed by atoms with van der Waals surface area (Å²) in [6.07, 6.45) is 1.46. The number of hydrogen-bond donors (Lipinski definition) is 1. The van der Waals surface area contributed by atoms with Crippen molar-refractivity contribution in [3.63, 3.8) is 0 Å². The molecule has 31 heavy (non-hydrogen) atoms. The fourth-order valence-corrected chi connectivity index (χ4v) is 5.77. The number of carbonyl (C=O) groups is 2. The molecular formula is C22H22FN3O3S2. The number of carbonyl (C=O) groups excluding carboxylic acids is 2. The molecule has 0 radical (unpaired) electrons. The Bertz CT molecular complexity index is 1190. The normalized spacial score (nSPS) is 13.7. The molecule has 1 N–H and O–H groups in total. The minimum Gasteiger partial charge on any atom is -0.444 e. The van der Waals surface area contributed by atoms with Crippen molar-refractivity contribution in [2.45, 2.75) is 39.3 Å². The van der Waals surface area contributed by atoms with E-state index in [0.717, 1.165) is 20.7 Å². The van der Waals surface area contributed by atoms with E-state index in [4.69, 9.17) is 4.74 Å². The van der Waals surface area contributed by atoms with Gasteiger partial charge in [0.1, 0.15) is 21.4 Å². The number of thiophene rings is 1. The standard InChI is InChI=1S/C22H22FN3O3S2/c1-5-17(27)25-20-18(19-24-14-7-6-12(23)10-15(14)30-19)13-8-9-26(11-16(13)31-20)21(28)29-22(2,3)4/h5-7,10H,1,8-9,11H2,2-4H3,(H,25,27). The summed E-state index contributed by atoms with van der Waals surface area (Å²) in [5.74, 6) is -0.640. The molecule has 1 aliphatic rings. The number of anilines is 1. The van der Waals surface area contributed by atoms with Crippen LogP contribution in [0.5, 0.6) is 0 Å². The van der Waals surface area contributed by atoms with Crippen LogP contribution in [0.3, 0.4) is 0 Å². The second-order valence-corrected chi connectivity index (χ2v) is 10.3. The summed E-state index contributed by atoms with van der Waals surface area (Å²) in [4.78, 5) is 31.9. The molecule has 0 saturated carbocycles. The largest absolute Gasteiger partial charge is 0.444 e. The predicted octanol–water partition coefficient (Wildman–Crippen LogP) is 5.58. The molecule has 4 rings (SSSR count). The van der Waals surface area contributed by atoms with Crippen molar-refractivity contribution in [1.82, 2.24) is 9.88 Å². The number of ether oxygens (including phenoxy) is 1. The van der Waals surface area contributed by atoms with E-state index in [9.17, 15) is 14.0 Å². The quantitative estimate of drug-likeness (QED) is 0.519. The Morgan fingerprint density at radius 1 is 1.32 bits per heavy atom. The third-order valence-corrected chi connectivity index (χ3v) is 6.86. The highest BCUT2D eigenvalue weighted by atomic mass is 32.1. The van der Waals surface area contributed by atoms with Gasteiger partial charge in [-0.2, -0.15) is 0 Å². The summed E-state index contributed by atoms with van der Waals surface area (Å²) < 4.78 is 19.9. The second-order valence-electron chi connectivity index (χ2n) is 8.18. The fourth-order valence-electron chi connectivity index (χ4n) is 3.37. The molecule has 0 aliphatic carbocycles. The molecule has 0 bridgehead atoms. The van der Waals surface area contributed by atoms with Crippen LogP contribution in [0, 0.1) is 5.82 Å². The molecular weight excluding hydrogens is 437 g/mol. The van der Waals surface area contributed by atoms with Gasteiger partial charge in [-0.05, 0) is 57.0 Å². The van der Waals surface area contributed by atoms with Crippen LogP contribution in [0.1, 0.15) is 31.2 Å². The monoisotopic (exact) mass is 459 g/mol. The SMILES string of the molecule is C=CC(=O)Nc1sc2c(c1-c1nc3ccc(F)cc3s1)CCN(C(=O)OC(C)(C)C)C2. The fraction of sp³-hybridized carbons (Fsp3) is 0.318. The van der Waals surface area contributed by atoms with Crippen molar-refractivity contribution in [3.8, 4) is 10.6 Å². The average molecular weight is 460 g/mol. The first kappa shape index (κ1) is 21.5. The molecule has 0 spiro atoms. The highest BCUT2D eigenvalue weighted by Gasteiger charge is 2.31. The van der Waals surface area contributed by atoms with Crippen molar-refractivity contribution >= 4 is 49.9 Å². The topological polar surface area (TPSA) is 71.5 Å². The van der Waals surface area contributed by atoms with Gasteiger partial charge >= 0.3 is 6.09 Å². The Morgan fingerprint density at radius 3 is 2.81 bits per heavy atom. The predicted molar refractivity (Wildman–Crippen MR) is 122 cm³/mol. The maximum Gasteiger partial charge on any atom is 0.410 e. The van der Waals surface area contributed by atoms with Crippen molar-refractivity contribution in [2.75, 3.05) is 11.9 Å². The van der Waals surface area contributed by atoms with Crippen LogP contribution < -0.4 is 5.32 Å². The summed E-state index contributed by atoms with van der Waals surface area (Å²) in [5, 5.41) is 4.24. The number of hydrogen-bond acceptors (Lipinski definition) is 6. The van der Waals surface area contributed by atoms with E-state index in [1.54, 1.807) is 11.0 Å². The maximum atomic E-state index is 13.7. The first-order chi connectivity index (χ1) is 14.6. The number of nitrogens with zero attached hydrogens (tertiary/aromatic N) is 2. The molecule has 2 aromatic heterocycles. The number of amides is 2. The number of halogens is 1. The smallest absolute Gasteiger partial charge is 0.410 e. The molecule has 0 unspecified atom stereocenters. The second kappa shape index (κ2) is 8.05. The lowest BCUT2D eigenvalue weighted by Crippen LogP contribution is -2.39. The molecule has 6 nitrogen and oxygen atoms in total. The van der Waals surface area contributed by atoms with Crippen molar-refractivity contribution in [2.24, 2.45) is 0 Å². The summed E-state index contributed by atoms with van der Waals surface area (Å²) in [7, 11) is 0. The minimum atomic E-state index is -0.572. The zero-order valence-corrected chi connectivity index (χ0v) is 19.1. The van der Waals surface area contributed by atoms with Crippen LogP contribution in [0.2, 0.25) is 0 Å². The van der Waals surface area contributed by atoms with Crippen molar-refractivity contribution in [1.29, 1.82) is 0 Å². The number of nitrogens with one attached hydrogen (secondary N) is 1. The molecule has 2 amide bonds. The van der Waals surface area contributed by atoms with Gasteiger partial charge in [0.15, 0.2) is 0 Å². The number of benzene rings is 1. The van der Waals surface area contributed by atoms with E-state index in [0.29, 0.717) is 35.0 Å². The summed E-state index contributed by atoms with van der Waals surface area (Å²) >= 11 is 2.80. The maximum absolute atomic E-state index is 13.7. The van der Waals surface area contributed by atoms with Gasteiger partial charge < -0.3 is 15.0 Å².